The van der Waals surface area contributed by atoms with Gasteiger partial charge in [-0.25, -0.2) is 12.4 Å². The number of halogens is 1. The fourth-order valence-corrected chi connectivity index (χ4v) is 5.85. The van der Waals surface area contributed by atoms with Crippen molar-refractivity contribution in [3.8, 4) is 0 Å². The SMILES string of the molecule is O=S(=O)(c1ccccc1)n1c(Cl)c(Sc2ccccc2)c2ccccc21. The Bertz CT molecular complexity index is 1170. The Morgan fingerprint density at radius 1 is 0.769 bits per heavy atom. The number of hydrogen-bond acceptors (Lipinski definition) is 3. The molecule has 0 atom stereocenters. The molecule has 0 amide bonds. The van der Waals surface area contributed by atoms with Crippen LogP contribution in [0.25, 0.3) is 10.9 Å². The van der Waals surface area contributed by atoms with Crippen molar-refractivity contribution >= 4 is 44.3 Å². The molecule has 1 heterocycles. The van der Waals surface area contributed by atoms with Crippen LogP contribution in [0.2, 0.25) is 5.15 Å². The van der Waals surface area contributed by atoms with E-state index in [4.69, 9.17) is 11.6 Å². The number of fused-ring (bicyclic) bond motifs is 1. The van der Waals surface area contributed by atoms with Gasteiger partial charge in [0, 0.05) is 10.3 Å². The maximum Gasteiger partial charge on any atom is 0.269 e. The summed E-state index contributed by atoms with van der Waals surface area (Å²) in [5.41, 5.74) is 0.569. The van der Waals surface area contributed by atoms with E-state index in [0.29, 0.717) is 5.52 Å². The lowest BCUT2D eigenvalue weighted by Crippen LogP contribution is -2.12. The molecule has 0 saturated heterocycles. The number of hydrogen-bond donors (Lipinski definition) is 0. The van der Waals surface area contributed by atoms with Crippen LogP contribution in [0.3, 0.4) is 0 Å². The zero-order valence-electron chi connectivity index (χ0n) is 13.5. The van der Waals surface area contributed by atoms with Crippen LogP contribution < -0.4 is 0 Å². The number of nitrogens with zero attached hydrogens (tertiary/aromatic N) is 1. The third-order valence-corrected chi connectivity index (χ3v) is 7.40. The summed E-state index contributed by atoms with van der Waals surface area (Å²) in [6.07, 6.45) is 0. The average molecular weight is 400 g/mol. The second-order valence-electron chi connectivity index (χ2n) is 5.63. The van der Waals surface area contributed by atoms with Gasteiger partial charge in [0.05, 0.1) is 15.3 Å². The van der Waals surface area contributed by atoms with Crippen molar-refractivity contribution in [1.29, 1.82) is 0 Å². The average Bonchev–Trinajstić information content (AvgIpc) is 2.96. The van der Waals surface area contributed by atoms with Crippen LogP contribution in [0.4, 0.5) is 0 Å². The third kappa shape index (κ3) is 2.92. The highest BCUT2D eigenvalue weighted by molar-refractivity contribution is 7.99. The van der Waals surface area contributed by atoms with Crippen molar-refractivity contribution in [2.45, 2.75) is 14.7 Å². The van der Waals surface area contributed by atoms with Crippen molar-refractivity contribution in [1.82, 2.24) is 3.97 Å². The maximum absolute atomic E-state index is 13.2. The van der Waals surface area contributed by atoms with Crippen LogP contribution in [0, 0.1) is 0 Å². The topological polar surface area (TPSA) is 39.1 Å². The second kappa shape index (κ2) is 6.83. The first-order valence-electron chi connectivity index (χ1n) is 7.91. The molecule has 0 unspecified atom stereocenters. The first kappa shape index (κ1) is 17.2. The van der Waals surface area contributed by atoms with Crippen molar-refractivity contribution in [2.24, 2.45) is 0 Å². The largest absolute Gasteiger partial charge is 0.269 e. The Kier molecular flexibility index (Phi) is 4.53. The van der Waals surface area contributed by atoms with Gasteiger partial charge in [0.2, 0.25) is 0 Å². The summed E-state index contributed by atoms with van der Waals surface area (Å²) in [6.45, 7) is 0. The summed E-state index contributed by atoms with van der Waals surface area (Å²) in [6, 6.07) is 25.5. The van der Waals surface area contributed by atoms with E-state index in [0.717, 1.165) is 15.2 Å². The van der Waals surface area contributed by atoms with Crippen LogP contribution in [0.1, 0.15) is 0 Å². The molecule has 0 N–H and O–H groups in total. The number of rotatable bonds is 4. The fraction of sp³-hybridized carbons (Fsp3) is 0. The van der Waals surface area contributed by atoms with Gasteiger partial charge in [-0.1, -0.05) is 78.0 Å². The smallest absolute Gasteiger partial charge is 0.222 e. The molecule has 4 rings (SSSR count). The van der Waals surface area contributed by atoms with E-state index in [2.05, 4.69) is 0 Å². The van der Waals surface area contributed by atoms with E-state index in [1.165, 1.54) is 15.7 Å². The second-order valence-corrected chi connectivity index (χ2v) is 8.86. The van der Waals surface area contributed by atoms with Gasteiger partial charge in [0.25, 0.3) is 10.0 Å². The molecule has 130 valence electrons. The molecule has 3 aromatic carbocycles. The van der Waals surface area contributed by atoms with E-state index in [-0.39, 0.29) is 10.0 Å². The summed E-state index contributed by atoms with van der Waals surface area (Å²) >= 11 is 8.06. The third-order valence-electron chi connectivity index (χ3n) is 3.98. The molecule has 0 bridgehead atoms. The summed E-state index contributed by atoms with van der Waals surface area (Å²) in [5.74, 6) is 0. The van der Waals surface area contributed by atoms with Gasteiger partial charge >= 0.3 is 0 Å². The van der Waals surface area contributed by atoms with E-state index in [9.17, 15) is 8.42 Å². The molecular weight excluding hydrogens is 386 g/mol. The molecule has 0 saturated carbocycles. The first-order chi connectivity index (χ1) is 12.6. The van der Waals surface area contributed by atoms with Crippen molar-refractivity contribution in [2.75, 3.05) is 0 Å². The molecule has 6 heteroatoms. The quantitative estimate of drug-likeness (QED) is 0.443. The van der Waals surface area contributed by atoms with Gasteiger partial charge in [-0.2, -0.15) is 0 Å². The molecule has 0 radical (unpaired) electrons. The van der Waals surface area contributed by atoms with Gasteiger partial charge in [0.1, 0.15) is 5.15 Å². The monoisotopic (exact) mass is 399 g/mol. The lowest BCUT2D eigenvalue weighted by Gasteiger charge is -2.09. The molecule has 3 nitrogen and oxygen atoms in total. The Balaban J connectivity index is 1.96. The fourth-order valence-electron chi connectivity index (χ4n) is 2.79. The summed E-state index contributed by atoms with van der Waals surface area (Å²) in [5, 5.41) is 1.01. The molecule has 0 spiro atoms. The zero-order valence-corrected chi connectivity index (χ0v) is 15.9. The van der Waals surface area contributed by atoms with Crippen molar-refractivity contribution in [3.63, 3.8) is 0 Å². The zero-order chi connectivity index (χ0) is 18.1. The van der Waals surface area contributed by atoms with E-state index in [1.807, 2.05) is 48.5 Å². The van der Waals surface area contributed by atoms with Crippen LogP contribution in [-0.2, 0) is 10.0 Å². The minimum absolute atomic E-state index is 0.198. The Morgan fingerprint density at radius 3 is 2.04 bits per heavy atom. The predicted octanol–water partition coefficient (Wildman–Crippen LogP) is 5.68. The highest BCUT2D eigenvalue weighted by atomic mass is 35.5. The van der Waals surface area contributed by atoms with Crippen molar-refractivity contribution in [3.05, 3.63) is 90.1 Å². The molecule has 4 aromatic rings. The lowest BCUT2D eigenvalue weighted by atomic mass is 10.2. The van der Waals surface area contributed by atoms with E-state index < -0.39 is 10.0 Å². The standard InChI is InChI=1S/C20H14ClNO2S2/c21-20-19(25-15-9-3-1-4-10-15)17-13-7-8-14-18(17)22(20)26(23,24)16-11-5-2-6-12-16/h1-14H. The van der Waals surface area contributed by atoms with Crippen LogP contribution in [-0.4, -0.2) is 12.4 Å². The molecule has 0 aliphatic heterocycles. The van der Waals surface area contributed by atoms with Gasteiger partial charge in [-0.3, -0.25) is 0 Å². The van der Waals surface area contributed by atoms with Crippen molar-refractivity contribution < 1.29 is 8.42 Å². The number of benzene rings is 3. The molecular formula is C20H14ClNO2S2. The van der Waals surface area contributed by atoms with E-state index >= 15 is 0 Å². The Hall–Kier alpha value is -2.21. The predicted molar refractivity (Wildman–Crippen MR) is 107 cm³/mol. The molecule has 0 fully saturated rings. The normalized spacial score (nSPS) is 11.7. The minimum Gasteiger partial charge on any atom is -0.222 e. The maximum atomic E-state index is 13.2. The summed E-state index contributed by atoms with van der Waals surface area (Å²) in [4.78, 5) is 1.93. The molecule has 0 aliphatic rings. The van der Waals surface area contributed by atoms with Crippen LogP contribution >= 0.6 is 23.4 Å². The van der Waals surface area contributed by atoms with Gasteiger partial charge in [0.15, 0.2) is 0 Å². The van der Waals surface area contributed by atoms with Gasteiger partial charge < -0.3 is 0 Å². The van der Waals surface area contributed by atoms with Gasteiger partial charge in [-0.05, 0) is 30.3 Å². The summed E-state index contributed by atoms with van der Waals surface area (Å²) in [7, 11) is -3.80. The molecule has 1 aromatic heterocycles. The molecule has 0 aliphatic carbocycles. The first-order valence-corrected chi connectivity index (χ1v) is 10.5. The highest BCUT2D eigenvalue weighted by Crippen LogP contribution is 2.42. The van der Waals surface area contributed by atoms with Gasteiger partial charge in [-0.15, -0.1) is 0 Å². The van der Waals surface area contributed by atoms with E-state index in [1.54, 1.807) is 36.4 Å². The van der Waals surface area contributed by atoms with Crippen LogP contribution in [0.15, 0.2) is 99.6 Å². The Labute approximate surface area is 161 Å². The lowest BCUT2D eigenvalue weighted by molar-refractivity contribution is 0.589. The summed E-state index contributed by atoms with van der Waals surface area (Å²) < 4.78 is 27.6. The molecule has 26 heavy (non-hydrogen) atoms. The highest BCUT2D eigenvalue weighted by Gasteiger charge is 2.26. The Morgan fingerprint density at radius 2 is 1.35 bits per heavy atom. The minimum atomic E-state index is -3.80. The number of para-hydroxylation sites is 1. The number of aromatic nitrogens is 1. The van der Waals surface area contributed by atoms with Crippen LogP contribution in [0.5, 0.6) is 0 Å².